The number of anilines is 1. The van der Waals surface area contributed by atoms with Crippen LogP contribution in [0.25, 0.3) is 0 Å². The molecule has 32 heavy (non-hydrogen) atoms. The van der Waals surface area contributed by atoms with Crippen LogP contribution in [0.2, 0.25) is 0 Å². The average Bonchev–Trinajstić information content (AvgIpc) is 3.32. The van der Waals surface area contributed by atoms with Gasteiger partial charge in [0.05, 0.1) is 11.4 Å². The van der Waals surface area contributed by atoms with Gasteiger partial charge in [0.15, 0.2) is 0 Å². The Bertz CT molecular complexity index is 1270. The van der Waals surface area contributed by atoms with Crippen molar-refractivity contribution >= 4 is 21.6 Å². The van der Waals surface area contributed by atoms with E-state index in [-0.39, 0.29) is 10.8 Å². The van der Waals surface area contributed by atoms with E-state index >= 15 is 0 Å². The lowest BCUT2D eigenvalue weighted by Gasteiger charge is -2.10. The highest BCUT2D eigenvalue weighted by Crippen LogP contribution is 2.16. The smallest absolute Gasteiger partial charge is 0.261 e. The molecule has 3 aromatic carbocycles. The van der Waals surface area contributed by atoms with Crippen LogP contribution in [-0.4, -0.2) is 29.1 Å². The van der Waals surface area contributed by atoms with E-state index in [0.717, 1.165) is 11.1 Å². The summed E-state index contributed by atoms with van der Waals surface area (Å²) in [5.41, 5.74) is 2.87. The van der Waals surface area contributed by atoms with Crippen molar-refractivity contribution in [1.82, 2.24) is 20.1 Å². The number of aromatic nitrogens is 3. The molecular formula is C23H21N5O3S. The van der Waals surface area contributed by atoms with Crippen LogP contribution in [0, 0.1) is 0 Å². The Balaban J connectivity index is 1.32. The Kier molecular flexibility index (Phi) is 6.27. The second kappa shape index (κ2) is 9.44. The van der Waals surface area contributed by atoms with Crippen molar-refractivity contribution in [2.45, 2.75) is 18.0 Å². The largest absolute Gasteiger partial charge is 0.348 e. The minimum absolute atomic E-state index is 0.175. The fraction of sp³-hybridized carbons (Fsp3) is 0.0870. The lowest BCUT2D eigenvalue weighted by Crippen LogP contribution is -2.22. The summed E-state index contributed by atoms with van der Waals surface area (Å²) in [4.78, 5) is 16.5. The zero-order chi connectivity index (χ0) is 22.4. The van der Waals surface area contributed by atoms with Crippen molar-refractivity contribution in [1.29, 1.82) is 0 Å². The van der Waals surface area contributed by atoms with Gasteiger partial charge in [-0.2, -0.15) is 5.10 Å². The second-order valence-electron chi connectivity index (χ2n) is 7.09. The summed E-state index contributed by atoms with van der Waals surface area (Å²) >= 11 is 0. The Morgan fingerprint density at radius 1 is 0.875 bits per heavy atom. The highest BCUT2D eigenvalue weighted by Gasteiger charge is 2.14. The first-order chi connectivity index (χ1) is 15.5. The van der Waals surface area contributed by atoms with Crippen LogP contribution in [0.1, 0.15) is 21.5 Å². The van der Waals surface area contributed by atoms with Crippen LogP contribution in [0.5, 0.6) is 0 Å². The van der Waals surface area contributed by atoms with Gasteiger partial charge < -0.3 is 5.32 Å². The maximum Gasteiger partial charge on any atom is 0.261 e. The average molecular weight is 448 g/mol. The van der Waals surface area contributed by atoms with Gasteiger partial charge in [0.25, 0.3) is 15.9 Å². The zero-order valence-electron chi connectivity index (χ0n) is 17.0. The number of hydrogen-bond donors (Lipinski definition) is 2. The highest BCUT2D eigenvalue weighted by atomic mass is 32.2. The molecule has 0 fully saturated rings. The highest BCUT2D eigenvalue weighted by molar-refractivity contribution is 7.92. The molecule has 1 amide bonds. The van der Waals surface area contributed by atoms with E-state index in [1.807, 2.05) is 24.3 Å². The Morgan fingerprint density at radius 3 is 2.22 bits per heavy atom. The first-order valence-electron chi connectivity index (χ1n) is 9.86. The first kappa shape index (κ1) is 21.3. The van der Waals surface area contributed by atoms with Crippen LogP contribution in [-0.2, 0) is 23.1 Å². The molecule has 8 nitrogen and oxygen atoms in total. The molecule has 0 bridgehead atoms. The van der Waals surface area contributed by atoms with E-state index in [9.17, 15) is 13.2 Å². The monoisotopic (exact) mass is 447 g/mol. The third kappa shape index (κ3) is 5.38. The van der Waals surface area contributed by atoms with Gasteiger partial charge in [0.1, 0.15) is 12.7 Å². The summed E-state index contributed by atoms with van der Waals surface area (Å²) in [5.74, 6) is -0.242. The first-order valence-corrected chi connectivity index (χ1v) is 11.3. The molecule has 4 rings (SSSR count). The third-order valence-corrected chi connectivity index (χ3v) is 6.14. The number of amides is 1. The number of nitrogens with one attached hydrogen (secondary N) is 2. The van der Waals surface area contributed by atoms with Gasteiger partial charge in [-0.05, 0) is 47.5 Å². The van der Waals surface area contributed by atoms with Crippen LogP contribution in [0.15, 0.2) is 96.4 Å². The summed E-state index contributed by atoms with van der Waals surface area (Å²) in [5, 5.41) is 6.95. The molecule has 1 aromatic heterocycles. The fourth-order valence-electron chi connectivity index (χ4n) is 3.05. The van der Waals surface area contributed by atoms with E-state index in [1.165, 1.54) is 18.5 Å². The van der Waals surface area contributed by atoms with E-state index < -0.39 is 10.0 Å². The minimum Gasteiger partial charge on any atom is -0.348 e. The second-order valence-corrected chi connectivity index (χ2v) is 8.77. The van der Waals surface area contributed by atoms with Crippen molar-refractivity contribution in [3.8, 4) is 0 Å². The standard InChI is InChI=1S/C23H21N5O3S/c29-23(25-14-18-6-8-19(9-7-18)15-28-17-24-16-26-28)20-10-12-21(13-11-20)27-32(30,31)22-4-2-1-3-5-22/h1-13,16-17,27H,14-15H2,(H,25,29). The molecule has 2 N–H and O–H groups in total. The Labute approximate surface area is 186 Å². The van der Waals surface area contributed by atoms with Crippen molar-refractivity contribution in [3.63, 3.8) is 0 Å². The lowest BCUT2D eigenvalue weighted by molar-refractivity contribution is 0.0951. The van der Waals surface area contributed by atoms with Crippen LogP contribution >= 0.6 is 0 Å². The van der Waals surface area contributed by atoms with Crippen LogP contribution < -0.4 is 10.0 Å². The molecule has 0 saturated carbocycles. The number of carbonyl (C=O) groups excluding carboxylic acids is 1. The molecule has 9 heteroatoms. The maximum absolute atomic E-state index is 12.4. The zero-order valence-corrected chi connectivity index (χ0v) is 17.9. The van der Waals surface area contributed by atoms with E-state index in [1.54, 1.807) is 53.5 Å². The number of rotatable bonds is 8. The molecular weight excluding hydrogens is 426 g/mol. The van der Waals surface area contributed by atoms with Crippen molar-refractivity contribution in [3.05, 3.63) is 108 Å². The number of benzene rings is 3. The van der Waals surface area contributed by atoms with E-state index in [0.29, 0.717) is 24.3 Å². The molecule has 0 atom stereocenters. The van der Waals surface area contributed by atoms with Gasteiger partial charge in [0.2, 0.25) is 0 Å². The topological polar surface area (TPSA) is 106 Å². The maximum atomic E-state index is 12.4. The molecule has 162 valence electrons. The van der Waals surface area contributed by atoms with Gasteiger partial charge in [0, 0.05) is 17.8 Å². The molecule has 1 heterocycles. The van der Waals surface area contributed by atoms with Gasteiger partial charge in [-0.25, -0.2) is 18.1 Å². The quantitative estimate of drug-likeness (QED) is 0.432. The molecule has 0 unspecified atom stereocenters. The molecule has 0 aliphatic rings. The summed E-state index contributed by atoms with van der Waals surface area (Å²) in [7, 11) is -3.67. The van der Waals surface area contributed by atoms with Crippen molar-refractivity contribution in [2.75, 3.05) is 4.72 Å². The number of hydrogen-bond acceptors (Lipinski definition) is 5. The predicted octanol–water partition coefficient (Wildman–Crippen LogP) is 3.06. The summed E-state index contributed by atoms with van der Waals surface area (Å²) in [6, 6.07) is 22.3. The summed E-state index contributed by atoms with van der Waals surface area (Å²) in [6.07, 6.45) is 3.15. The number of nitrogens with zero attached hydrogens (tertiary/aromatic N) is 3. The van der Waals surface area contributed by atoms with Gasteiger partial charge in [-0.3, -0.25) is 9.52 Å². The number of sulfonamides is 1. The normalized spacial score (nSPS) is 11.1. The molecule has 0 aliphatic heterocycles. The minimum atomic E-state index is -3.67. The molecule has 0 spiro atoms. The van der Waals surface area contributed by atoms with E-state index in [2.05, 4.69) is 20.1 Å². The van der Waals surface area contributed by atoms with E-state index in [4.69, 9.17) is 0 Å². The molecule has 0 saturated heterocycles. The molecule has 0 radical (unpaired) electrons. The predicted molar refractivity (Wildman–Crippen MR) is 120 cm³/mol. The van der Waals surface area contributed by atoms with Gasteiger partial charge in [-0.1, -0.05) is 42.5 Å². The third-order valence-electron chi connectivity index (χ3n) is 4.74. The number of carbonyl (C=O) groups is 1. The Morgan fingerprint density at radius 2 is 1.56 bits per heavy atom. The van der Waals surface area contributed by atoms with Crippen LogP contribution in [0.3, 0.4) is 0 Å². The summed E-state index contributed by atoms with van der Waals surface area (Å²) < 4.78 is 29.0. The lowest BCUT2D eigenvalue weighted by atomic mass is 10.1. The molecule has 4 aromatic rings. The Hall–Kier alpha value is -3.98. The van der Waals surface area contributed by atoms with Crippen molar-refractivity contribution in [2.24, 2.45) is 0 Å². The fourth-order valence-corrected chi connectivity index (χ4v) is 4.13. The van der Waals surface area contributed by atoms with Crippen LogP contribution in [0.4, 0.5) is 5.69 Å². The molecule has 0 aliphatic carbocycles. The SMILES string of the molecule is O=C(NCc1ccc(Cn2cncn2)cc1)c1ccc(NS(=O)(=O)c2ccccc2)cc1. The van der Waals surface area contributed by atoms with Gasteiger partial charge in [-0.15, -0.1) is 0 Å². The summed E-state index contributed by atoms with van der Waals surface area (Å²) in [6.45, 7) is 1.01. The van der Waals surface area contributed by atoms with Crippen molar-refractivity contribution < 1.29 is 13.2 Å². The van der Waals surface area contributed by atoms with Gasteiger partial charge >= 0.3 is 0 Å².